The van der Waals surface area contributed by atoms with Crippen molar-refractivity contribution in [1.82, 2.24) is 0 Å². The Morgan fingerprint density at radius 3 is 2.23 bits per heavy atom. The molecule has 122 valence electrons. The Labute approximate surface area is 129 Å². The van der Waals surface area contributed by atoms with E-state index in [2.05, 4.69) is 4.18 Å². The Bertz CT molecular complexity index is 623. The van der Waals surface area contributed by atoms with Crippen LogP contribution in [-0.4, -0.2) is 33.0 Å². The topological polar surface area (TPSA) is 113 Å². The van der Waals surface area contributed by atoms with Gasteiger partial charge in [-0.2, -0.15) is 8.42 Å². The van der Waals surface area contributed by atoms with E-state index < -0.39 is 28.2 Å². The molecular formula is C14H19NO6S. The summed E-state index contributed by atoms with van der Waals surface area (Å²) in [6.45, 7) is 5.31. The maximum Gasteiger partial charge on any atom is 0.342 e. The molecule has 2 N–H and O–H groups in total. The van der Waals surface area contributed by atoms with Gasteiger partial charge in [0.05, 0.1) is 0 Å². The zero-order valence-corrected chi connectivity index (χ0v) is 13.4. The molecule has 0 saturated heterocycles. The fraction of sp³-hybridized carbons (Fsp3) is 0.429. The average Bonchev–Trinajstić information content (AvgIpc) is 2.43. The Hall–Kier alpha value is -1.93. The Balaban J connectivity index is 2.90. The Morgan fingerprint density at radius 2 is 1.77 bits per heavy atom. The predicted octanol–water partition coefficient (Wildman–Crippen LogP) is 0.752. The van der Waals surface area contributed by atoms with E-state index in [9.17, 15) is 18.0 Å². The van der Waals surface area contributed by atoms with E-state index in [4.69, 9.17) is 10.5 Å². The van der Waals surface area contributed by atoms with Gasteiger partial charge in [0.1, 0.15) is 17.0 Å². The molecule has 1 aromatic carbocycles. The highest BCUT2D eigenvalue weighted by atomic mass is 32.2. The van der Waals surface area contributed by atoms with Crippen molar-refractivity contribution in [1.29, 1.82) is 0 Å². The van der Waals surface area contributed by atoms with E-state index in [0.717, 1.165) is 5.56 Å². The molecule has 0 aliphatic rings. The third kappa shape index (κ3) is 4.54. The first kappa shape index (κ1) is 18.1. The lowest BCUT2D eigenvalue weighted by atomic mass is 10.0. The van der Waals surface area contributed by atoms with Gasteiger partial charge in [-0.1, -0.05) is 31.5 Å². The van der Waals surface area contributed by atoms with E-state index >= 15 is 0 Å². The number of nitrogens with two attached hydrogens (primary N) is 1. The second kappa shape index (κ2) is 7.37. The highest BCUT2D eigenvalue weighted by molar-refractivity contribution is 7.87. The lowest BCUT2D eigenvalue weighted by Crippen LogP contribution is -2.47. The summed E-state index contributed by atoms with van der Waals surface area (Å²) in [5.74, 6) is -1.46. The summed E-state index contributed by atoms with van der Waals surface area (Å²) in [6, 6.07) is 4.40. The monoisotopic (exact) mass is 329 g/mol. The molecule has 7 nitrogen and oxygen atoms in total. The van der Waals surface area contributed by atoms with Gasteiger partial charge < -0.3 is 14.7 Å². The van der Waals surface area contributed by atoms with Crippen molar-refractivity contribution in [2.75, 3.05) is 0 Å². The van der Waals surface area contributed by atoms with Crippen molar-refractivity contribution >= 4 is 22.6 Å². The number of aryl methyl sites for hydroxylation is 1. The van der Waals surface area contributed by atoms with Gasteiger partial charge in [-0.3, -0.25) is 4.79 Å². The van der Waals surface area contributed by atoms with Crippen molar-refractivity contribution < 1.29 is 26.9 Å². The molecule has 0 fully saturated rings. The molecule has 0 heterocycles. The Kier molecular flexibility index (Phi) is 6.07. The largest absolute Gasteiger partial charge is 0.462 e. The summed E-state index contributed by atoms with van der Waals surface area (Å²) in [6.07, 6.45) is -0.974. The average molecular weight is 329 g/mol. The SMILES string of the molecule is Cc1ccc(S(=O)(=O)OC(=O)C(N)C(OC=O)C(C)C)cc1. The predicted molar refractivity (Wildman–Crippen MR) is 78.2 cm³/mol. The molecule has 0 radical (unpaired) electrons. The minimum Gasteiger partial charge on any atom is -0.462 e. The van der Waals surface area contributed by atoms with Gasteiger partial charge in [0.25, 0.3) is 6.47 Å². The van der Waals surface area contributed by atoms with Crippen LogP contribution in [0.5, 0.6) is 0 Å². The zero-order chi connectivity index (χ0) is 16.9. The summed E-state index contributed by atoms with van der Waals surface area (Å²) in [5, 5.41) is 0. The van der Waals surface area contributed by atoms with Crippen LogP contribution in [0.2, 0.25) is 0 Å². The van der Waals surface area contributed by atoms with Crippen LogP contribution in [0.25, 0.3) is 0 Å². The third-order valence-electron chi connectivity index (χ3n) is 3.00. The summed E-state index contributed by atoms with van der Waals surface area (Å²) >= 11 is 0. The number of hydrogen-bond donors (Lipinski definition) is 1. The highest BCUT2D eigenvalue weighted by Gasteiger charge is 2.33. The first-order valence-electron chi connectivity index (χ1n) is 6.58. The molecule has 22 heavy (non-hydrogen) atoms. The van der Waals surface area contributed by atoms with E-state index in [1.54, 1.807) is 32.9 Å². The van der Waals surface area contributed by atoms with Crippen molar-refractivity contribution in [3.05, 3.63) is 29.8 Å². The summed E-state index contributed by atoms with van der Waals surface area (Å²) in [7, 11) is -4.27. The standard InChI is InChI=1S/C14H19NO6S/c1-9(2)13(20-8-16)12(15)14(17)21-22(18,19)11-6-4-10(3)5-7-11/h4-9,12-13H,15H2,1-3H3. The normalized spacial score (nSPS) is 14.2. The quantitative estimate of drug-likeness (QED) is 0.580. The number of benzene rings is 1. The number of hydrogen-bond acceptors (Lipinski definition) is 7. The first-order chi connectivity index (χ1) is 10.2. The molecule has 0 aliphatic heterocycles. The van der Waals surface area contributed by atoms with Gasteiger partial charge in [0, 0.05) is 0 Å². The number of rotatable bonds is 7. The van der Waals surface area contributed by atoms with Crippen LogP contribution in [-0.2, 0) is 28.6 Å². The molecule has 0 saturated carbocycles. The van der Waals surface area contributed by atoms with Crippen LogP contribution >= 0.6 is 0 Å². The molecule has 1 aromatic rings. The molecule has 0 spiro atoms. The van der Waals surface area contributed by atoms with Crippen LogP contribution in [0.1, 0.15) is 19.4 Å². The minimum absolute atomic E-state index is 0.156. The van der Waals surface area contributed by atoms with E-state index in [-0.39, 0.29) is 17.3 Å². The highest BCUT2D eigenvalue weighted by Crippen LogP contribution is 2.16. The number of carbonyl (C=O) groups is 2. The molecular weight excluding hydrogens is 310 g/mol. The summed E-state index contributed by atoms with van der Waals surface area (Å²) in [4.78, 5) is 22.2. The number of carbonyl (C=O) groups excluding carboxylic acids is 2. The molecule has 0 aromatic heterocycles. The first-order valence-corrected chi connectivity index (χ1v) is 7.99. The van der Waals surface area contributed by atoms with Crippen LogP contribution < -0.4 is 5.73 Å². The van der Waals surface area contributed by atoms with Crippen molar-refractivity contribution in [3.63, 3.8) is 0 Å². The van der Waals surface area contributed by atoms with Crippen LogP contribution in [0.15, 0.2) is 29.2 Å². The molecule has 0 aliphatic carbocycles. The second-order valence-corrected chi connectivity index (χ2v) is 6.68. The maximum atomic E-state index is 12.0. The lowest BCUT2D eigenvalue weighted by Gasteiger charge is -2.23. The molecule has 1 rings (SSSR count). The van der Waals surface area contributed by atoms with Gasteiger partial charge in [0.2, 0.25) is 0 Å². The van der Waals surface area contributed by atoms with Crippen molar-refractivity contribution in [2.45, 2.75) is 37.8 Å². The van der Waals surface area contributed by atoms with Crippen molar-refractivity contribution in [2.24, 2.45) is 11.7 Å². The molecule has 0 bridgehead atoms. The van der Waals surface area contributed by atoms with E-state index in [1.165, 1.54) is 12.1 Å². The van der Waals surface area contributed by atoms with E-state index in [1.807, 2.05) is 0 Å². The van der Waals surface area contributed by atoms with Gasteiger partial charge >= 0.3 is 16.1 Å². The fourth-order valence-corrected chi connectivity index (χ4v) is 2.66. The van der Waals surface area contributed by atoms with Crippen molar-refractivity contribution in [3.8, 4) is 0 Å². The van der Waals surface area contributed by atoms with Gasteiger partial charge in [-0.25, -0.2) is 4.79 Å². The third-order valence-corrected chi connectivity index (χ3v) is 4.23. The molecule has 2 atom stereocenters. The van der Waals surface area contributed by atoms with Gasteiger partial charge in [0.15, 0.2) is 0 Å². The smallest absolute Gasteiger partial charge is 0.342 e. The van der Waals surface area contributed by atoms with Gasteiger partial charge in [-0.05, 0) is 25.0 Å². The maximum absolute atomic E-state index is 12.0. The Morgan fingerprint density at radius 1 is 1.23 bits per heavy atom. The van der Waals surface area contributed by atoms with Crippen LogP contribution in [0, 0.1) is 12.8 Å². The van der Waals surface area contributed by atoms with Crippen LogP contribution in [0.4, 0.5) is 0 Å². The van der Waals surface area contributed by atoms with Crippen LogP contribution in [0.3, 0.4) is 0 Å². The summed E-state index contributed by atoms with van der Waals surface area (Å²) < 4.78 is 33.2. The zero-order valence-electron chi connectivity index (χ0n) is 12.6. The fourth-order valence-electron chi connectivity index (χ4n) is 1.77. The summed E-state index contributed by atoms with van der Waals surface area (Å²) in [5.41, 5.74) is 6.50. The van der Waals surface area contributed by atoms with Gasteiger partial charge in [-0.15, -0.1) is 0 Å². The molecule has 0 amide bonds. The molecule has 8 heteroatoms. The lowest BCUT2D eigenvalue weighted by molar-refractivity contribution is -0.145. The number of ether oxygens (including phenoxy) is 1. The second-order valence-electron chi connectivity index (χ2n) is 5.14. The minimum atomic E-state index is -4.27. The molecule has 2 unspecified atom stereocenters. The van der Waals surface area contributed by atoms with E-state index in [0.29, 0.717) is 0 Å².